The highest BCUT2D eigenvalue weighted by atomic mass is 32.2. The highest BCUT2D eigenvalue weighted by Gasteiger charge is 2.50. The number of hydrogen-bond acceptors (Lipinski definition) is 3. The zero-order chi connectivity index (χ0) is 18.9. The molecule has 2 N–H and O–H groups in total. The largest absolute Gasteiger partial charge is 0.511 e. The summed E-state index contributed by atoms with van der Waals surface area (Å²) in [5.41, 5.74) is -5.22. The first-order valence-electron chi connectivity index (χ1n) is 8.73. The molecule has 0 atom stereocenters. The number of sulfonamides is 1. The van der Waals surface area contributed by atoms with Crippen LogP contribution in [0.2, 0.25) is 0 Å². The monoisotopic (exact) mass is 386 g/mol. The summed E-state index contributed by atoms with van der Waals surface area (Å²) in [6, 6.07) is 0. The molecule has 1 rings (SSSR count). The lowest BCUT2D eigenvalue weighted by Gasteiger charge is -2.31. The van der Waals surface area contributed by atoms with Crippen LogP contribution in [0.5, 0.6) is 0 Å². The fraction of sp³-hybridized carbons (Fsp3) is 0.933. The molecule has 1 aliphatic rings. The summed E-state index contributed by atoms with van der Waals surface area (Å²) < 4.78 is 60.9. The van der Waals surface area contributed by atoms with Crippen LogP contribution in [0.25, 0.3) is 0 Å². The van der Waals surface area contributed by atoms with E-state index < -0.39 is 15.5 Å². The van der Waals surface area contributed by atoms with Gasteiger partial charge in [-0.3, -0.25) is 4.99 Å². The summed E-state index contributed by atoms with van der Waals surface area (Å²) in [5.74, 6) is 0.792. The highest BCUT2D eigenvalue weighted by molar-refractivity contribution is 7.90. The Kier molecular flexibility index (Phi) is 8.98. The molecular formula is C15H29F3N4O2S. The molecule has 25 heavy (non-hydrogen) atoms. The first-order valence-corrected chi connectivity index (χ1v) is 10.2. The van der Waals surface area contributed by atoms with E-state index in [2.05, 4.69) is 22.5 Å². The van der Waals surface area contributed by atoms with Crippen molar-refractivity contribution in [3.8, 4) is 0 Å². The molecule has 1 heterocycles. The average molecular weight is 386 g/mol. The molecule has 0 aromatic carbocycles. The lowest BCUT2D eigenvalue weighted by atomic mass is 9.98. The van der Waals surface area contributed by atoms with Crippen LogP contribution < -0.4 is 10.6 Å². The Bertz CT molecular complexity index is 515. The molecule has 0 amide bonds. The second-order valence-corrected chi connectivity index (χ2v) is 8.16. The summed E-state index contributed by atoms with van der Waals surface area (Å²) in [6.07, 6.45) is 5.39. The number of halogens is 3. The average Bonchev–Trinajstić information content (AvgIpc) is 2.56. The molecule has 1 saturated heterocycles. The van der Waals surface area contributed by atoms with E-state index in [1.165, 1.54) is 12.8 Å². The van der Waals surface area contributed by atoms with E-state index in [-0.39, 0.29) is 19.0 Å². The first kappa shape index (κ1) is 22.0. The van der Waals surface area contributed by atoms with Crippen LogP contribution in [0.4, 0.5) is 13.2 Å². The zero-order valence-corrected chi connectivity index (χ0v) is 15.7. The van der Waals surface area contributed by atoms with E-state index in [0.29, 0.717) is 29.7 Å². The lowest BCUT2D eigenvalue weighted by molar-refractivity contribution is -0.0496. The number of hydrogen-bond donors (Lipinski definition) is 2. The topological polar surface area (TPSA) is 73.8 Å². The highest BCUT2D eigenvalue weighted by Crippen LogP contribution is 2.30. The molecule has 6 nitrogen and oxygen atoms in total. The molecule has 0 aromatic heterocycles. The third kappa shape index (κ3) is 7.01. The first-order chi connectivity index (χ1) is 11.7. The van der Waals surface area contributed by atoms with Gasteiger partial charge in [-0.25, -0.2) is 8.42 Å². The van der Waals surface area contributed by atoms with Gasteiger partial charge in [-0.05, 0) is 25.2 Å². The fourth-order valence-electron chi connectivity index (χ4n) is 2.72. The minimum Gasteiger partial charge on any atom is -0.356 e. The molecule has 0 aliphatic carbocycles. The van der Waals surface area contributed by atoms with Crippen molar-refractivity contribution in [1.29, 1.82) is 0 Å². The maximum absolute atomic E-state index is 12.5. The maximum Gasteiger partial charge on any atom is 0.511 e. The summed E-state index contributed by atoms with van der Waals surface area (Å²) in [5, 5.41) is 6.37. The predicted octanol–water partition coefficient (Wildman–Crippen LogP) is 2.29. The Morgan fingerprint density at radius 1 is 1.16 bits per heavy atom. The van der Waals surface area contributed by atoms with Crippen molar-refractivity contribution < 1.29 is 21.6 Å². The Morgan fingerprint density at radius 2 is 1.80 bits per heavy atom. The Balaban J connectivity index is 2.32. The maximum atomic E-state index is 12.5. The molecule has 0 saturated carbocycles. The van der Waals surface area contributed by atoms with E-state index in [1.807, 2.05) is 0 Å². The second kappa shape index (κ2) is 10.2. The number of nitrogens with one attached hydrogen (secondary N) is 2. The minimum atomic E-state index is -5.22. The third-order valence-corrected chi connectivity index (χ3v) is 5.94. The Morgan fingerprint density at radius 3 is 2.32 bits per heavy atom. The Hall–Kier alpha value is -1.03. The molecule has 0 bridgehead atoms. The number of guanidine groups is 1. The van der Waals surface area contributed by atoms with Crippen molar-refractivity contribution >= 4 is 16.0 Å². The summed E-state index contributed by atoms with van der Waals surface area (Å²) in [7, 11) is -3.54. The molecule has 148 valence electrons. The molecule has 0 spiro atoms. The van der Waals surface area contributed by atoms with Crippen molar-refractivity contribution in [3.05, 3.63) is 0 Å². The molecule has 0 aromatic rings. The molecule has 1 fully saturated rings. The van der Waals surface area contributed by atoms with Gasteiger partial charge in [-0.2, -0.15) is 17.5 Å². The van der Waals surface area contributed by atoms with Gasteiger partial charge in [0.1, 0.15) is 0 Å². The number of rotatable bonds is 8. The minimum absolute atomic E-state index is 0.1000. The van der Waals surface area contributed by atoms with Crippen LogP contribution in [-0.4, -0.2) is 57.4 Å². The van der Waals surface area contributed by atoms with Gasteiger partial charge in [0.2, 0.25) is 0 Å². The van der Waals surface area contributed by atoms with Crippen LogP contribution in [0, 0.1) is 5.92 Å². The number of unbranched alkanes of at least 4 members (excludes halogenated alkanes) is 3. The van der Waals surface area contributed by atoms with Gasteiger partial charge >= 0.3 is 15.5 Å². The van der Waals surface area contributed by atoms with Gasteiger partial charge in [0, 0.05) is 33.2 Å². The summed E-state index contributed by atoms with van der Waals surface area (Å²) >= 11 is 0. The summed E-state index contributed by atoms with van der Waals surface area (Å²) in [4.78, 5) is 4.12. The zero-order valence-electron chi connectivity index (χ0n) is 14.9. The fourth-order valence-corrected chi connectivity index (χ4v) is 3.70. The van der Waals surface area contributed by atoms with E-state index >= 15 is 0 Å². The van der Waals surface area contributed by atoms with E-state index in [0.717, 1.165) is 19.4 Å². The number of piperidine rings is 1. The molecule has 1 aliphatic heterocycles. The molecule has 10 heteroatoms. The third-order valence-electron chi connectivity index (χ3n) is 4.31. The van der Waals surface area contributed by atoms with Gasteiger partial charge in [0.25, 0.3) is 0 Å². The van der Waals surface area contributed by atoms with E-state index in [4.69, 9.17) is 0 Å². The second-order valence-electron chi connectivity index (χ2n) is 6.23. The standard InChI is InChI=1S/C15H29F3N4O2S/c1-3-4-5-6-9-20-14(19-2)21-12-13-7-10-22(11-8-13)25(23,24)15(16,17)18/h13H,3-12H2,1-2H3,(H2,19,20,21). The van der Waals surface area contributed by atoms with Crippen molar-refractivity contribution in [2.24, 2.45) is 10.9 Å². The van der Waals surface area contributed by atoms with E-state index in [1.54, 1.807) is 7.05 Å². The smallest absolute Gasteiger partial charge is 0.356 e. The van der Waals surface area contributed by atoms with Crippen LogP contribution in [0.3, 0.4) is 0 Å². The van der Waals surface area contributed by atoms with Gasteiger partial charge in [-0.15, -0.1) is 0 Å². The summed E-state index contributed by atoms with van der Waals surface area (Å²) in [6.45, 7) is 3.34. The SMILES string of the molecule is CCCCCCNC(=NC)NCC1CCN(S(=O)(=O)C(F)(F)F)CC1. The van der Waals surface area contributed by atoms with Crippen LogP contribution >= 0.6 is 0 Å². The molecular weight excluding hydrogens is 357 g/mol. The quantitative estimate of drug-likeness (QED) is 0.381. The van der Waals surface area contributed by atoms with Gasteiger partial charge < -0.3 is 10.6 Å². The van der Waals surface area contributed by atoms with Crippen molar-refractivity contribution in [3.63, 3.8) is 0 Å². The Labute approximate surface area is 148 Å². The molecule has 0 radical (unpaired) electrons. The lowest BCUT2D eigenvalue weighted by Crippen LogP contribution is -2.47. The number of nitrogens with zero attached hydrogens (tertiary/aromatic N) is 2. The van der Waals surface area contributed by atoms with E-state index in [9.17, 15) is 21.6 Å². The molecule has 0 unspecified atom stereocenters. The van der Waals surface area contributed by atoms with Crippen molar-refractivity contribution in [1.82, 2.24) is 14.9 Å². The van der Waals surface area contributed by atoms with Crippen molar-refractivity contribution in [2.45, 2.75) is 51.0 Å². The number of alkyl halides is 3. The predicted molar refractivity (Wildman–Crippen MR) is 92.8 cm³/mol. The van der Waals surface area contributed by atoms with Crippen LogP contribution in [-0.2, 0) is 10.0 Å². The van der Waals surface area contributed by atoms with Crippen molar-refractivity contribution in [2.75, 3.05) is 33.2 Å². The van der Waals surface area contributed by atoms with Gasteiger partial charge in [0.05, 0.1) is 0 Å². The van der Waals surface area contributed by atoms with Gasteiger partial charge in [0.15, 0.2) is 5.96 Å². The number of aliphatic imine (C=N–C) groups is 1. The normalized spacial score (nSPS) is 18.4. The van der Waals surface area contributed by atoms with Crippen LogP contribution in [0.15, 0.2) is 4.99 Å². The van der Waals surface area contributed by atoms with Crippen LogP contribution in [0.1, 0.15) is 45.4 Å². The van der Waals surface area contributed by atoms with Gasteiger partial charge in [-0.1, -0.05) is 26.2 Å².